The van der Waals surface area contributed by atoms with E-state index in [1.807, 2.05) is 36.4 Å². The molecule has 6 unspecified atom stereocenters. The largest absolute Gasteiger partial charge is 0.508 e. The molecule has 2 heterocycles. The van der Waals surface area contributed by atoms with Gasteiger partial charge < -0.3 is 9.84 Å². The van der Waals surface area contributed by atoms with E-state index in [2.05, 4.69) is 0 Å². The van der Waals surface area contributed by atoms with E-state index < -0.39 is 46.8 Å². The van der Waals surface area contributed by atoms with E-state index in [9.17, 15) is 19.5 Å². The van der Waals surface area contributed by atoms with E-state index in [1.54, 1.807) is 36.4 Å². The Morgan fingerprint density at radius 1 is 0.907 bits per heavy atom. The summed E-state index contributed by atoms with van der Waals surface area (Å²) in [6.07, 6.45) is 2.49. The van der Waals surface area contributed by atoms with Crippen molar-refractivity contribution in [2.75, 3.05) is 19.1 Å². The van der Waals surface area contributed by atoms with Crippen molar-refractivity contribution in [1.82, 2.24) is 4.90 Å². The van der Waals surface area contributed by atoms with Gasteiger partial charge in [0.1, 0.15) is 11.5 Å². The molecule has 0 aromatic heterocycles. The van der Waals surface area contributed by atoms with Gasteiger partial charge in [0.2, 0.25) is 23.6 Å². The number of anilines is 1. The number of hydrogen-bond donors (Lipinski definition) is 1. The molecule has 2 aliphatic heterocycles. The molecule has 0 bridgehead atoms. The number of nitrogens with zero attached hydrogens (tertiary/aromatic N) is 2. The molecule has 3 fully saturated rings. The maximum absolute atomic E-state index is 15.1. The predicted molar refractivity (Wildman–Crippen MR) is 159 cm³/mol. The van der Waals surface area contributed by atoms with Crippen LogP contribution in [0.5, 0.6) is 11.5 Å². The van der Waals surface area contributed by atoms with Gasteiger partial charge in [-0.2, -0.15) is 0 Å². The number of carbonyl (C=O) groups is 4. The lowest BCUT2D eigenvalue weighted by Gasteiger charge is -2.50. The van der Waals surface area contributed by atoms with Crippen LogP contribution < -0.4 is 9.64 Å². The molecule has 4 amide bonds. The summed E-state index contributed by atoms with van der Waals surface area (Å²) in [7, 11) is 3.00. The highest BCUT2D eigenvalue weighted by Gasteiger charge is 2.70. The number of aromatic hydroxyl groups is 1. The molecular weight excluding hydrogens is 568 g/mol. The first-order chi connectivity index (χ1) is 20.7. The van der Waals surface area contributed by atoms with Crippen LogP contribution in [0.1, 0.15) is 29.9 Å². The molecule has 4 aliphatic rings. The monoisotopic (exact) mass is 596 g/mol. The van der Waals surface area contributed by atoms with Gasteiger partial charge in [0.05, 0.1) is 36.0 Å². The van der Waals surface area contributed by atoms with Crippen LogP contribution in [0.2, 0.25) is 5.02 Å². The quantitative estimate of drug-likeness (QED) is 0.341. The molecule has 2 aliphatic carbocycles. The number of amides is 4. The highest BCUT2D eigenvalue weighted by atomic mass is 35.5. The van der Waals surface area contributed by atoms with Gasteiger partial charge in [-0.25, -0.2) is 4.90 Å². The number of halogens is 1. The Morgan fingerprint density at radius 3 is 2.37 bits per heavy atom. The summed E-state index contributed by atoms with van der Waals surface area (Å²) in [5, 5.41) is 11.9. The van der Waals surface area contributed by atoms with E-state index in [4.69, 9.17) is 16.3 Å². The van der Waals surface area contributed by atoms with Crippen LogP contribution in [0.15, 0.2) is 84.4 Å². The number of allylic oxidation sites excluding steroid dienone is 2. The van der Waals surface area contributed by atoms with Crippen LogP contribution >= 0.6 is 11.6 Å². The average molecular weight is 597 g/mol. The van der Waals surface area contributed by atoms with Gasteiger partial charge in [-0.1, -0.05) is 65.7 Å². The number of benzene rings is 3. The number of methoxy groups -OCH3 is 1. The standard InChI is InChI=1S/C34H29ClN2O6/c1-36-30(39)24-14-13-22-25(28(24)32(36)41)17-26-31(40)37(20-10-6-9-19(35)15-20)33(42)34(26,18-7-4-3-5-8-18)29(22)23-12-11-21(43-2)16-27(23)38/h3-13,15-16,24-26,28-29,38H,14,17H2,1-2H3. The third-order valence-electron chi connectivity index (χ3n) is 9.94. The molecule has 218 valence electrons. The van der Waals surface area contributed by atoms with E-state index in [-0.39, 0.29) is 24.0 Å². The van der Waals surface area contributed by atoms with Crippen LogP contribution in [0.4, 0.5) is 5.69 Å². The fourth-order valence-electron chi connectivity index (χ4n) is 8.14. The maximum atomic E-state index is 15.1. The highest BCUT2D eigenvalue weighted by Crippen LogP contribution is 2.65. The topological polar surface area (TPSA) is 104 Å². The molecule has 2 saturated heterocycles. The lowest BCUT2D eigenvalue weighted by Crippen LogP contribution is -2.53. The predicted octanol–water partition coefficient (Wildman–Crippen LogP) is 4.85. The molecule has 6 atom stereocenters. The molecule has 7 rings (SSSR count). The minimum absolute atomic E-state index is 0.0884. The first-order valence-corrected chi connectivity index (χ1v) is 14.7. The van der Waals surface area contributed by atoms with Crippen molar-refractivity contribution in [3.05, 3.63) is 101 Å². The fraction of sp³-hybridized carbons (Fsp3) is 0.294. The maximum Gasteiger partial charge on any atom is 0.246 e. The second kappa shape index (κ2) is 9.81. The van der Waals surface area contributed by atoms with Crippen LogP contribution in [0.3, 0.4) is 0 Å². The second-order valence-electron chi connectivity index (χ2n) is 11.8. The lowest BCUT2D eigenvalue weighted by atomic mass is 9.49. The Kier molecular flexibility index (Phi) is 6.25. The van der Waals surface area contributed by atoms with Gasteiger partial charge in [0.25, 0.3) is 0 Å². The van der Waals surface area contributed by atoms with Gasteiger partial charge >= 0.3 is 0 Å². The zero-order chi connectivity index (χ0) is 30.2. The molecule has 0 spiro atoms. The summed E-state index contributed by atoms with van der Waals surface area (Å²) in [4.78, 5) is 58.7. The van der Waals surface area contributed by atoms with Gasteiger partial charge in [0.15, 0.2) is 0 Å². The van der Waals surface area contributed by atoms with Crippen molar-refractivity contribution in [2.24, 2.45) is 23.7 Å². The van der Waals surface area contributed by atoms with E-state index in [0.29, 0.717) is 34.0 Å². The van der Waals surface area contributed by atoms with Gasteiger partial charge in [-0.15, -0.1) is 0 Å². The molecule has 3 aromatic carbocycles. The number of likely N-dealkylation sites (tertiary alicyclic amines) is 1. The summed E-state index contributed by atoms with van der Waals surface area (Å²) < 4.78 is 5.36. The van der Waals surface area contributed by atoms with Crippen LogP contribution in [0, 0.1) is 23.7 Å². The molecule has 1 saturated carbocycles. The number of phenolic OH excluding ortho intramolecular Hbond substituents is 1. The third kappa shape index (κ3) is 3.69. The summed E-state index contributed by atoms with van der Waals surface area (Å²) >= 11 is 6.32. The first-order valence-electron chi connectivity index (χ1n) is 14.3. The van der Waals surface area contributed by atoms with Gasteiger partial charge in [-0.05, 0) is 48.6 Å². The minimum Gasteiger partial charge on any atom is -0.508 e. The molecule has 3 aromatic rings. The number of imide groups is 2. The Labute approximate surface area is 253 Å². The SMILES string of the molecule is COc1ccc(C2C3=CCC4C(=O)N(C)C(=O)C4C3CC3C(=O)N(c4cccc(Cl)c4)C(=O)C32c2ccccc2)c(O)c1. The fourth-order valence-corrected chi connectivity index (χ4v) is 8.32. The smallest absolute Gasteiger partial charge is 0.246 e. The Balaban J connectivity index is 1.53. The van der Waals surface area contributed by atoms with Gasteiger partial charge in [-0.3, -0.25) is 24.1 Å². The normalized spacial score (nSPS) is 29.7. The Morgan fingerprint density at radius 2 is 1.67 bits per heavy atom. The number of phenols is 1. The number of rotatable bonds is 4. The molecule has 8 nitrogen and oxygen atoms in total. The summed E-state index contributed by atoms with van der Waals surface area (Å²) in [6, 6.07) is 20.8. The Bertz CT molecular complexity index is 1740. The molecule has 43 heavy (non-hydrogen) atoms. The van der Waals surface area contributed by atoms with Crippen LogP contribution in [-0.4, -0.2) is 47.8 Å². The lowest BCUT2D eigenvalue weighted by molar-refractivity contribution is -0.138. The molecule has 0 radical (unpaired) electrons. The van der Waals surface area contributed by atoms with E-state index in [1.165, 1.54) is 30.0 Å². The number of ether oxygens (including phenoxy) is 1. The first kappa shape index (κ1) is 27.4. The van der Waals surface area contributed by atoms with Gasteiger partial charge in [0, 0.05) is 29.6 Å². The summed E-state index contributed by atoms with van der Waals surface area (Å²) in [5.74, 6) is -4.36. The minimum atomic E-state index is -1.44. The Hall–Kier alpha value is -4.43. The molecule has 9 heteroatoms. The summed E-state index contributed by atoms with van der Waals surface area (Å²) in [6.45, 7) is 0. The number of carbonyl (C=O) groups excluding carboxylic acids is 4. The zero-order valence-corrected chi connectivity index (χ0v) is 24.3. The van der Waals surface area contributed by atoms with Crippen molar-refractivity contribution in [3.63, 3.8) is 0 Å². The van der Waals surface area contributed by atoms with E-state index >= 15 is 4.79 Å². The number of fused-ring (bicyclic) bond motifs is 4. The van der Waals surface area contributed by atoms with Crippen molar-refractivity contribution in [1.29, 1.82) is 0 Å². The number of hydrogen-bond acceptors (Lipinski definition) is 6. The zero-order valence-electron chi connectivity index (χ0n) is 23.6. The van der Waals surface area contributed by atoms with Crippen LogP contribution in [-0.2, 0) is 24.6 Å². The third-order valence-corrected chi connectivity index (χ3v) is 10.2. The summed E-state index contributed by atoms with van der Waals surface area (Å²) in [5.41, 5.74) is 0.775. The van der Waals surface area contributed by atoms with Crippen LogP contribution in [0.25, 0.3) is 0 Å². The van der Waals surface area contributed by atoms with Crippen molar-refractivity contribution in [3.8, 4) is 11.5 Å². The van der Waals surface area contributed by atoms with E-state index in [0.717, 1.165) is 5.57 Å². The molecular formula is C34H29ClN2O6. The molecule has 1 N–H and O–H groups in total. The average Bonchev–Trinajstić information content (AvgIpc) is 3.38. The van der Waals surface area contributed by atoms with Crippen molar-refractivity contribution >= 4 is 40.9 Å². The highest BCUT2D eigenvalue weighted by molar-refractivity contribution is 6.32. The second-order valence-corrected chi connectivity index (χ2v) is 12.2. The van der Waals surface area contributed by atoms with Crippen molar-refractivity contribution < 1.29 is 29.0 Å². The van der Waals surface area contributed by atoms with Crippen molar-refractivity contribution in [2.45, 2.75) is 24.2 Å².